The molecule has 3 aromatic rings. The van der Waals surface area contributed by atoms with Gasteiger partial charge in [0.1, 0.15) is 11.9 Å². The summed E-state index contributed by atoms with van der Waals surface area (Å²) in [5.41, 5.74) is 1.36. The van der Waals surface area contributed by atoms with Gasteiger partial charge in [-0.1, -0.05) is 35.9 Å². The molecule has 0 fully saturated rings. The van der Waals surface area contributed by atoms with Gasteiger partial charge >= 0.3 is 0 Å². The van der Waals surface area contributed by atoms with Crippen molar-refractivity contribution in [2.24, 2.45) is 0 Å². The van der Waals surface area contributed by atoms with Crippen LogP contribution in [-0.2, 0) is 0 Å². The van der Waals surface area contributed by atoms with Gasteiger partial charge in [-0.15, -0.1) is 0 Å². The molecule has 0 radical (unpaired) electrons. The smallest absolute Gasteiger partial charge is 0.129 e. The number of aromatic nitrogens is 1. The van der Waals surface area contributed by atoms with Gasteiger partial charge in [0, 0.05) is 27.7 Å². The predicted octanol–water partition coefficient (Wildman–Crippen LogP) is 4.11. The van der Waals surface area contributed by atoms with Crippen molar-refractivity contribution in [2.45, 2.75) is 6.10 Å². The number of pyridine rings is 1. The second-order valence-corrected chi connectivity index (χ2v) is 4.93. The van der Waals surface area contributed by atoms with E-state index in [1.807, 2.05) is 24.3 Å². The third-order valence-electron chi connectivity index (χ3n) is 3.21. The van der Waals surface area contributed by atoms with E-state index in [0.717, 1.165) is 5.39 Å². The zero-order valence-electron chi connectivity index (χ0n) is 10.4. The standard InChI is InChI=1S/C16H11ClFNO/c17-11-6-7-14(18)13(9-11)16(20)12-5-1-3-10-4-2-8-19-15(10)12/h1-9,16,20H. The maximum Gasteiger partial charge on any atom is 0.129 e. The van der Waals surface area contributed by atoms with Gasteiger partial charge in [0.2, 0.25) is 0 Å². The van der Waals surface area contributed by atoms with E-state index in [0.29, 0.717) is 16.1 Å². The van der Waals surface area contributed by atoms with Crippen LogP contribution in [0.15, 0.2) is 54.7 Å². The highest BCUT2D eigenvalue weighted by Crippen LogP contribution is 2.30. The number of hydrogen-bond donors (Lipinski definition) is 1. The lowest BCUT2D eigenvalue weighted by molar-refractivity contribution is 0.216. The maximum absolute atomic E-state index is 13.9. The van der Waals surface area contributed by atoms with Gasteiger partial charge in [0.05, 0.1) is 5.52 Å². The van der Waals surface area contributed by atoms with Gasteiger partial charge in [-0.3, -0.25) is 4.98 Å². The fourth-order valence-electron chi connectivity index (χ4n) is 2.24. The van der Waals surface area contributed by atoms with Crippen molar-refractivity contribution in [2.75, 3.05) is 0 Å². The molecule has 0 amide bonds. The summed E-state index contributed by atoms with van der Waals surface area (Å²) in [6, 6.07) is 13.3. The Kier molecular flexibility index (Phi) is 3.38. The van der Waals surface area contributed by atoms with Crippen LogP contribution in [0.1, 0.15) is 17.2 Å². The molecule has 1 atom stereocenters. The van der Waals surface area contributed by atoms with Crippen LogP contribution in [0, 0.1) is 5.82 Å². The lowest BCUT2D eigenvalue weighted by Gasteiger charge is -2.14. The molecule has 0 aliphatic rings. The molecule has 0 bridgehead atoms. The van der Waals surface area contributed by atoms with E-state index in [9.17, 15) is 9.50 Å². The van der Waals surface area contributed by atoms with Crippen molar-refractivity contribution >= 4 is 22.5 Å². The van der Waals surface area contributed by atoms with E-state index in [1.165, 1.54) is 18.2 Å². The fourth-order valence-corrected chi connectivity index (χ4v) is 2.42. The molecule has 20 heavy (non-hydrogen) atoms. The summed E-state index contributed by atoms with van der Waals surface area (Å²) in [7, 11) is 0. The van der Waals surface area contributed by atoms with E-state index in [4.69, 9.17) is 11.6 Å². The largest absolute Gasteiger partial charge is 0.383 e. The lowest BCUT2D eigenvalue weighted by atomic mass is 9.98. The van der Waals surface area contributed by atoms with E-state index < -0.39 is 11.9 Å². The van der Waals surface area contributed by atoms with Crippen molar-refractivity contribution in [3.63, 3.8) is 0 Å². The maximum atomic E-state index is 13.9. The molecule has 2 aromatic carbocycles. The molecular weight excluding hydrogens is 277 g/mol. The Morgan fingerprint density at radius 2 is 1.85 bits per heavy atom. The topological polar surface area (TPSA) is 33.1 Å². The number of hydrogen-bond acceptors (Lipinski definition) is 2. The van der Waals surface area contributed by atoms with Gasteiger partial charge < -0.3 is 5.11 Å². The Balaban J connectivity index is 2.17. The Hall–Kier alpha value is -1.97. The second kappa shape index (κ2) is 5.19. The highest BCUT2D eigenvalue weighted by Gasteiger charge is 2.18. The SMILES string of the molecule is OC(c1cc(Cl)ccc1F)c1cccc2cccnc12. The van der Waals surface area contributed by atoms with Crippen LogP contribution >= 0.6 is 11.6 Å². The number of halogens is 2. The van der Waals surface area contributed by atoms with Gasteiger partial charge in [-0.25, -0.2) is 4.39 Å². The summed E-state index contributed by atoms with van der Waals surface area (Å²) in [4.78, 5) is 4.26. The number of nitrogens with zero attached hydrogens (tertiary/aromatic N) is 1. The molecule has 2 nitrogen and oxygen atoms in total. The molecule has 4 heteroatoms. The van der Waals surface area contributed by atoms with Crippen LogP contribution < -0.4 is 0 Å². The molecule has 0 aliphatic carbocycles. The summed E-state index contributed by atoms with van der Waals surface area (Å²) < 4.78 is 13.9. The Morgan fingerprint density at radius 3 is 2.70 bits per heavy atom. The molecule has 0 spiro atoms. The molecule has 1 aromatic heterocycles. The molecule has 1 N–H and O–H groups in total. The lowest BCUT2D eigenvalue weighted by Crippen LogP contribution is -2.04. The molecule has 100 valence electrons. The van der Waals surface area contributed by atoms with Crippen LogP contribution in [0.5, 0.6) is 0 Å². The molecular formula is C16H11ClFNO. The van der Waals surface area contributed by atoms with Crippen molar-refractivity contribution in [1.82, 2.24) is 4.98 Å². The first kappa shape index (κ1) is 13.0. The van der Waals surface area contributed by atoms with E-state index in [-0.39, 0.29) is 5.56 Å². The van der Waals surface area contributed by atoms with E-state index in [1.54, 1.807) is 12.3 Å². The number of aliphatic hydroxyl groups is 1. The number of aliphatic hydroxyl groups excluding tert-OH is 1. The summed E-state index contributed by atoms with van der Waals surface area (Å²) in [5.74, 6) is -0.491. The summed E-state index contributed by atoms with van der Waals surface area (Å²) in [6.45, 7) is 0. The first-order valence-electron chi connectivity index (χ1n) is 6.13. The van der Waals surface area contributed by atoms with Crippen LogP contribution in [-0.4, -0.2) is 10.1 Å². The third-order valence-corrected chi connectivity index (χ3v) is 3.45. The van der Waals surface area contributed by atoms with Crippen LogP contribution in [0.4, 0.5) is 4.39 Å². The number of benzene rings is 2. The molecule has 3 rings (SSSR count). The highest BCUT2D eigenvalue weighted by molar-refractivity contribution is 6.30. The molecule has 0 saturated carbocycles. The molecule has 0 aliphatic heterocycles. The van der Waals surface area contributed by atoms with Crippen molar-refractivity contribution < 1.29 is 9.50 Å². The van der Waals surface area contributed by atoms with Gasteiger partial charge in [-0.05, 0) is 24.3 Å². The molecule has 1 unspecified atom stereocenters. The zero-order chi connectivity index (χ0) is 14.1. The predicted molar refractivity (Wildman–Crippen MR) is 77.2 cm³/mol. The molecule has 1 heterocycles. The summed E-state index contributed by atoms with van der Waals surface area (Å²) in [5, 5.41) is 11.7. The Bertz CT molecular complexity index is 770. The minimum Gasteiger partial charge on any atom is -0.383 e. The van der Waals surface area contributed by atoms with Gasteiger partial charge in [0.15, 0.2) is 0 Å². The first-order valence-corrected chi connectivity index (χ1v) is 6.51. The van der Waals surface area contributed by atoms with Crippen LogP contribution in [0.25, 0.3) is 10.9 Å². The zero-order valence-corrected chi connectivity index (χ0v) is 11.2. The quantitative estimate of drug-likeness (QED) is 0.769. The fraction of sp³-hybridized carbons (Fsp3) is 0.0625. The second-order valence-electron chi connectivity index (χ2n) is 4.49. The van der Waals surface area contributed by atoms with Crippen LogP contribution in [0.2, 0.25) is 5.02 Å². The summed E-state index contributed by atoms with van der Waals surface area (Å²) >= 11 is 5.87. The normalized spacial score (nSPS) is 12.6. The van der Waals surface area contributed by atoms with Gasteiger partial charge in [-0.2, -0.15) is 0 Å². The average molecular weight is 288 g/mol. The van der Waals surface area contributed by atoms with E-state index in [2.05, 4.69) is 4.98 Å². The van der Waals surface area contributed by atoms with Crippen molar-refractivity contribution in [3.8, 4) is 0 Å². The highest BCUT2D eigenvalue weighted by atomic mass is 35.5. The number of fused-ring (bicyclic) bond motifs is 1. The Morgan fingerprint density at radius 1 is 1.05 bits per heavy atom. The molecule has 0 saturated heterocycles. The number of para-hydroxylation sites is 1. The Labute approximate surface area is 120 Å². The van der Waals surface area contributed by atoms with Crippen molar-refractivity contribution in [3.05, 3.63) is 76.7 Å². The summed E-state index contributed by atoms with van der Waals surface area (Å²) in [6.07, 6.45) is 0.541. The van der Waals surface area contributed by atoms with Crippen LogP contribution in [0.3, 0.4) is 0 Å². The van der Waals surface area contributed by atoms with Gasteiger partial charge in [0.25, 0.3) is 0 Å². The third kappa shape index (κ3) is 2.26. The number of rotatable bonds is 2. The minimum absolute atomic E-state index is 0.149. The van der Waals surface area contributed by atoms with E-state index >= 15 is 0 Å². The first-order chi connectivity index (χ1) is 9.66. The van der Waals surface area contributed by atoms with Crippen molar-refractivity contribution in [1.29, 1.82) is 0 Å². The minimum atomic E-state index is -1.10. The monoisotopic (exact) mass is 287 g/mol. The average Bonchev–Trinajstić information content (AvgIpc) is 2.48.